The molecule has 3 N–H and O–H groups in total. The average molecular weight is 260 g/mol. The molecule has 3 atom stereocenters. The Hall–Kier alpha value is -1.71. The molecule has 0 heterocycles. The fourth-order valence-electron chi connectivity index (χ4n) is 3.56. The molecular formula is C15H20N2O2. The number of oxime groups is 1. The number of hydrogen-bond acceptors (Lipinski definition) is 3. The SMILES string of the molecule is NC(=NO)c1ccc(OCC2CC3CCC2C3)cc1. The van der Waals surface area contributed by atoms with Crippen LogP contribution in [-0.4, -0.2) is 17.6 Å². The summed E-state index contributed by atoms with van der Waals surface area (Å²) in [6, 6.07) is 7.37. The van der Waals surface area contributed by atoms with E-state index in [4.69, 9.17) is 15.7 Å². The van der Waals surface area contributed by atoms with Crippen molar-refractivity contribution in [3.8, 4) is 5.75 Å². The number of amidine groups is 1. The highest BCUT2D eigenvalue weighted by atomic mass is 16.5. The molecule has 0 spiro atoms. The Morgan fingerprint density at radius 3 is 2.63 bits per heavy atom. The Bertz CT molecular complexity index is 470. The summed E-state index contributed by atoms with van der Waals surface area (Å²) in [6.45, 7) is 0.823. The van der Waals surface area contributed by atoms with Gasteiger partial charge in [0.2, 0.25) is 0 Å². The summed E-state index contributed by atoms with van der Waals surface area (Å²) in [5.41, 5.74) is 6.22. The quantitative estimate of drug-likeness (QED) is 0.378. The first-order chi connectivity index (χ1) is 9.26. The first-order valence-corrected chi connectivity index (χ1v) is 6.97. The largest absolute Gasteiger partial charge is 0.493 e. The topological polar surface area (TPSA) is 67.8 Å². The second-order valence-corrected chi connectivity index (χ2v) is 5.76. The lowest BCUT2D eigenvalue weighted by atomic mass is 9.89. The smallest absolute Gasteiger partial charge is 0.170 e. The molecule has 0 saturated heterocycles. The van der Waals surface area contributed by atoms with Crippen molar-refractivity contribution in [3.05, 3.63) is 29.8 Å². The van der Waals surface area contributed by atoms with Crippen LogP contribution in [-0.2, 0) is 0 Å². The van der Waals surface area contributed by atoms with Crippen molar-refractivity contribution in [1.29, 1.82) is 0 Å². The van der Waals surface area contributed by atoms with E-state index in [0.717, 1.165) is 30.1 Å². The molecule has 3 unspecified atom stereocenters. The van der Waals surface area contributed by atoms with E-state index >= 15 is 0 Å². The molecular weight excluding hydrogens is 240 g/mol. The Morgan fingerprint density at radius 2 is 2.05 bits per heavy atom. The number of nitrogens with zero attached hydrogens (tertiary/aromatic N) is 1. The van der Waals surface area contributed by atoms with Crippen LogP contribution in [0.1, 0.15) is 31.2 Å². The second-order valence-electron chi connectivity index (χ2n) is 5.76. The first kappa shape index (κ1) is 12.3. The van der Waals surface area contributed by atoms with E-state index in [1.165, 1.54) is 25.7 Å². The normalized spacial score (nSPS) is 29.7. The molecule has 0 amide bonds. The van der Waals surface area contributed by atoms with E-state index in [2.05, 4.69) is 5.16 Å². The van der Waals surface area contributed by atoms with Crippen LogP contribution in [0.2, 0.25) is 0 Å². The van der Waals surface area contributed by atoms with Crippen molar-refractivity contribution >= 4 is 5.84 Å². The van der Waals surface area contributed by atoms with Crippen LogP contribution < -0.4 is 10.5 Å². The highest BCUT2D eigenvalue weighted by Crippen LogP contribution is 2.48. The lowest BCUT2D eigenvalue weighted by molar-refractivity contribution is 0.195. The minimum atomic E-state index is 0.125. The molecule has 102 valence electrons. The summed E-state index contributed by atoms with van der Waals surface area (Å²) in [5, 5.41) is 11.6. The molecule has 2 bridgehead atoms. The fraction of sp³-hybridized carbons (Fsp3) is 0.533. The summed E-state index contributed by atoms with van der Waals surface area (Å²) < 4.78 is 5.87. The molecule has 19 heavy (non-hydrogen) atoms. The maximum atomic E-state index is 8.60. The molecule has 1 aromatic rings. The van der Waals surface area contributed by atoms with Gasteiger partial charge in [0.05, 0.1) is 6.61 Å². The molecule has 2 aliphatic rings. The van der Waals surface area contributed by atoms with Gasteiger partial charge >= 0.3 is 0 Å². The Morgan fingerprint density at radius 1 is 1.26 bits per heavy atom. The maximum absolute atomic E-state index is 8.60. The van der Waals surface area contributed by atoms with Gasteiger partial charge in [-0.3, -0.25) is 0 Å². The van der Waals surface area contributed by atoms with Crippen LogP contribution in [0.15, 0.2) is 29.4 Å². The fourth-order valence-corrected chi connectivity index (χ4v) is 3.56. The van der Waals surface area contributed by atoms with E-state index in [0.29, 0.717) is 5.56 Å². The van der Waals surface area contributed by atoms with Crippen molar-refractivity contribution in [1.82, 2.24) is 0 Å². The van der Waals surface area contributed by atoms with Gasteiger partial charge in [-0.25, -0.2) is 0 Å². The van der Waals surface area contributed by atoms with Crippen molar-refractivity contribution in [2.75, 3.05) is 6.61 Å². The van der Waals surface area contributed by atoms with Gasteiger partial charge in [-0.2, -0.15) is 0 Å². The highest BCUT2D eigenvalue weighted by molar-refractivity contribution is 5.97. The van der Waals surface area contributed by atoms with E-state index in [-0.39, 0.29) is 5.84 Å². The van der Waals surface area contributed by atoms with Gasteiger partial charge in [0, 0.05) is 5.56 Å². The van der Waals surface area contributed by atoms with Gasteiger partial charge in [0.25, 0.3) is 0 Å². The van der Waals surface area contributed by atoms with Gasteiger partial charge in [-0.15, -0.1) is 0 Å². The molecule has 4 nitrogen and oxygen atoms in total. The molecule has 2 aliphatic carbocycles. The number of hydrogen-bond donors (Lipinski definition) is 2. The van der Waals surface area contributed by atoms with Crippen LogP contribution >= 0.6 is 0 Å². The zero-order valence-electron chi connectivity index (χ0n) is 11.0. The molecule has 0 radical (unpaired) electrons. The third-order valence-corrected chi connectivity index (χ3v) is 4.61. The summed E-state index contributed by atoms with van der Waals surface area (Å²) in [7, 11) is 0. The monoisotopic (exact) mass is 260 g/mol. The summed E-state index contributed by atoms with van der Waals surface area (Å²) in [4.78, 5) is 0. The molecule has 3 rings (SSSR count). The zero-order chi connectivity index (χ0) is 13.2. The number of ether oxygens (including phenoxy) is 1. The van der Waals surface area contributed by atoms with Crippen molar-refractivity contribution < 1.29 is 9.94 Å². The van der Waals surface area contributed by atoms with E-state index in [1.54, 1.807) is 0 Å². The highest BCUT2D eigenvalue weighted by Gasteiger charge is 2.39. The lowest BCUT2D eigenvalue weighted by Gasteiger charge is -2.21. The Balaban J connectivity index is 1.56. The predicted octanol–water partition coefficient (Wildman–Crippen LogP) is 2.60. The third-order valence-electron chi connectivity index (χ3n) is 4.61. The molecule has 2 saturated carbocycles. The van der Waals surface area contributed by atoms with Gasteiger partial charge in [0.15, 0.2) is 5.84 Å². The van der Waals surface area contributed by atoms with Crippen LogP contribution in [0.25, 0.3) is 0 Å². The van der Waals surface area contributed by atoms with E-state index in [9.17, 15) is 0 Å². The Kier molecular flexibility index (Phi) is 3.32. The van der Waals surface area contributed by atoms with Gasteiger partial charge < -0.3 is 15.7 Å². The average Bonchev–Trinajstić information content (AvgIpc) is 3.07. The van der Waals surface area contributed by atoms with Gasteiger partial charge in [0.1, 0.15) is 5.75 Å². The maximum Gasteiger partial charge on any atom is 0.170 e. The van der Waals surface area contributed by atoms with E-state index < -0.39 is 0 Å². The Labute approximate surface area is 113 Å². The lowest BCUT2D eigenvalue weighted by Crippen LogP contribution is -2.18. The summed E-state index contributed by atoms with van der Waals surface area (Å²) in [5.74, 6) is 3.57. The van der Waals surface area contributed by atoms with Crippen LogP contribution in [0, 0.1) is 17.8 Å². The van der Waals surface area contributed by atoms with Crippen molar-refractivity contribution in [3.63, 3.8) is 0 Å². The summed E-state index contributed by atoms with van der Waals surface area (Å²) in [6.07, 6.45) is 5.57. The number of fused-ring (bicyclic) bond motifs is 2. The second kappa shape index (κ2) is 5.11. The van der Waals surface area contributed by atoms with E-state index in [1.807, 2.05) is 24.3 Å². The first-order valence-electron chi connectivity index (χ1n) is 6.97. The zero-order valence-corrected chi connectivity index (χ0v) is 11.0. The molecule has 1 aromatic carbocycles. The van der Waals surface area contributed by atoms with Crippen molar-refractivity contribution in [2.24, 2.45) is 28.6 Å². The minimum Gasteiger partial charge on any atom is -0.493 e. The van der Waals surface area contributed by atoms with Crippen molar-refractivity contribution in [2.45, 2.75) is 25.7 Å². The van der Waals surface area contributed by atoms with Crippen LogP contribution in [0.4, 0.5) is 0 Å². The third kappa shape index (κ3) is 2.53. The number of benzene rings is 1. The standard InChI is InChI=1S/C15H20N2O2/c16-15(17-18)11-3-5-14(6-4-11)19-9-13-8-10-1-2-12(13)7-10/h3-6,10,12-13,18H,1-2,7-9H2,(H2,16,17). The van der Waals surface area contributed by atoms with Gasteiger partial charge in [-0.1, -0.05) is 11.6 Å². The molecule has 0 aliphatic heterocycles. The van der Waals surface area contributed by atoms with Gasteiger partial charge in [-0.05, 0) is 61.3 Å². The number of rotatable bonds is 4. The predicted molar refractivity (Wildman–Crippen MR) is 73.4 cm³/mol. The van der Waals surface area contributed by atoms with Crippen LogP contribution in [0.3, 0.4) is 0 Å². The number of nitrogens with two attached hydrogens (primary N) is 1. The van der Waals surface area contributed by atoms with Crippen LogP contribution in [0.5, 0.6) is 5.75 Å². The minimum absolute atomic E-state index is 0.125. The molecule has 0 aromatic heterocycles. The molecule has 2 fully saturated rings. The molecule has 4 heteroatoms. The summed E-state index contributed by atoms with van der Waals surface area (Å²) >= 11 is 0.